The molecule has 6 heteroatoms. The van der Waals surface area contributed by atoms with Crippen molar-refractivity contribution >= 4 is 5.82 Å². The Bertz CT molecular complexity index is 437. The van der Waals surface area contributed by atoms with Crippen LogP contribution in [0, 0.1) is 5.92 Å². The minimum atomic E-state index is -4.13. The Kier molecular flexibility index (Phi) is 4.52. The zero-order chi connectivity index (χ0) is 14.8. The Morgan fingerprint density at radius 1 is 1.40 bits per heavy atom. The summed E-state index contributed by atoms with van der Waals surface area (Å²) in [5, 5.41) is 0. The molecule has 0 amide bonds. The first-order valence-electron chi connectivity index (χ1n) is 6.95. The van der Waals surface area contributed by atoms with Crippen LogP contribution in [0.25, 0.3) is 0 Å². The number of aromatic nitrogens is 1. The number of rotatable bonds is 3. The van der Waals surface area contributed by atoms with Crippen LogP contribution in [-0.2, 0) is 13.0 Å². The third-order valence-corrected chi connectivity index (χ3v) is 3.73. The van der Waals surface area contributed by atoms with E-state index in [1.807, 2.05) is 13.0 Å². The summed E-state index contributed by atoms with van der Waals surface area (Å²) in [6.07, 6.45) is -2.63. The maximum Gasteiger partial charge on any atom is 0.393 e. The molecule has 2 rings (SSSR count). The summed E-state index contributed by atoms with van der Waals surface area (Å²) in [5.74, 6) is -0.636. The van der Waals surface area contributed by atoms with E-state index in [-0.39, 0.29) is 13.0 Å². The minimum absolute atomic E-state index is 0.00627. The van der Waals surface area contributed by atoms with Crippen molar-refractivity contribution in [3.8, 4) is 0 Å². The summed E-state index contributed by atoms with van der Waals surface area (Å²) in [5.41, 5.74) is 7.43. The second-order valence-electron chi connectivity index (χ2n) is 5.21. The van der Waals surface area contributed by atoms with Gasteiger partial charge in [0.1, 0.15) is 5.82 Å². The van der Waals surface area contributed by atoms with Crippen LogP contribution < -0.4 is 10.6 Å². The summed E-state index contributed by atoms with van der Waals surface area (Å²) in [6, 6.07) is 3.71. The summed E-state index contributed by atoms with van der Waals surface area (Å²) >= 11 is 0. The molecule has 0 bridgehead atoms. The summed E-state index contributed by atoms with van der Waals surface area (Å²) in [7, 11) is 0. The van der Waals surface area contributed by atoms with E-state index in [2.05, 4.69) is 4.98 Å². The molecule has 2 N–H and O–H groups in total. The van der Waals surface area contributed by atoms with Crippen molar-refractivity contribution in [2.45, 2.75) is 38.9 Å². The molecular formula is C14H20F3N3. The molecule has 1 aliphatic heterocycles. The van der Waals surface area contributed by atoms with Crippen molar-refractivity contribution < 1.29 is 13.2 Å². The summed E-state index contributed by atoms with van der Waals surface area (Å²) in [4.78, 5) is 6.18. The maximum absolute atomic E-state index is 12.9. The number of hydrogen-bond donors (Lipinski definition) is 1. The normalized spacial score (nSPS) is 20.2. The molecule has 1 aromatic heterocycles. The van der Waals surface area contributed by atoms with Gasteiger partial charge in [0.2, 0.25) is 0 Å². The van der Waals surface area contributed by atoms with Gasteiger partial charge in [0.15, 0.2) is 0 Å². The monoisotopic (exact) mass is 287 g/mol. The fourth-order valence-corrected chi connectivity index (χ4v) is 2.55. The maximum atomic E-state index is 12.9. The molecule has 20 heavy (non-hydrogen) atoms. The number of nitrogens with two attached hydrogens (primary N) is 1. The van der Waals surface area contributed by atoms with Crippen LogP contribution in [0.15, 0.2) is 12.1 Å². The van der Waals surface area contributed by atoms with E-state index in [9.17, 15) is 13.2 Å². The molecule has 1 atom stereocenters. The molecular weight excluding hydrogens is 267 g/mol. The Labute approximate surface area is 117 Å². The van der Waals surface area contributed by atoms with Gasteiger partial charge in [0.05, 0.1) is 5.92 Å². The van der Waals surface area contributed by atoms with Crippen molar-refractivity contribution in [3.63, 3.8) is 0 Å². The van der Waals surface area contributed by atoms with Crippen LogP contribution in [0.3, 0.4) is 0 Å². The molecule has 0 spiro atoms. The molecule has 0 saturated carbocycles. The zero-order valence-corrected chi connectivity index (χ0v) is 11.6. The third kappa shape index (κ3) is 3.42. The highest BCUT2D eigenvalue weighted by atomic mass is 19.4. The number of aryl methyl sites for hydroxylation is 1. The lowest BCUT2D eigenvalue weighted by Crippen LogP contribution is -2.42. The second-order valence-corrected chi connectivity index (χ2v) is 5.21. The highest BCUT2D eigenvalue weighted by molar-refractivity contribution is 5.43. The molecule has 0 aliphatic carbocycles. The molecule has 1 aromatic rings. The highest BCUT2D eigenvalue weighted by Crippen LogP contribution is 2.34. The number of halogens is 3. The molecule has 3 nitrogen and oxygen atoms in total. The topological polar surface area (TPSA) is 42.1 Å². The Balaban J connectivity index is 2.22. The van der Waals surface area contributed by atoms with Gasteiger partial charge in [-0.15, -0.1) is 0 Å². The Hall–Kier alpha value is -1.30. The van der Waals surface area contributed by atoms with Crippen LogP contribution in [0.2, 0.25) is 0 Å². The fraction of sp³-hybridized carbons (Fsp3) is 0.643. The van der Waals surface area contributed by atoms with Gasteiger partial charge in [0.25, 0.3) is 0 Å². The van der Waals surface area contributed by atoms with Crippen molar-refractivity contribution in [3.05, 3.63) is 23.4 Å². The third-order valence-electron chi connectivity index (χ3n) is 3.73. The lowest BCUT2D eigenvalue weighted by molar-refractivity contribution is -0.176. The number of piperidine rings is 1. The summed E-state index contributed by atoms with van der Waals surface area (Å²) < 4.78 is 38.6. The van der Waals surface area contributed by atoms with E-state index in [4.69, 9.17) is 5.73 Å². The number of nitrogens with zero attached hydrogens (tertiary/aromatic N) is 2. The van der Waals surface area contributed by atoms with E-state index < -0.39 is 12.1 Å². The molecule has 1 aliphatic rings. The molecule has 0 radical (unpaired) electrons. The average molecular weight is 287 g/mol. The number of pyridine rings is 1. The van der Waals surface area contributed by atoms with Gasteiger partial charge in [0, 0.05) is 25.3 Å². The van der Waals surface area contributed by atoms with Gasteiger partial charge < -0.3 is 10.6 Å². The first-order valence-corrected chi connectivity index (χ1v) is 6.95. The van der Waals surface area contributed by atoms with E-state index in [1.54, 1.807) is 11.0 Å². The average Bonchev–Trinajstić information content (AvgIpc) is 2.46. The van der Waals surface area contributed by atoms with Gasteiger partial charge in [-0.1, -0.05) is 6.92 Å². The predicted octanol–water partition coefficient (Wildman–Crippen LogP) is 2.88. The fourth-order valence-electron chi connectivity index (χ4n) is 2.55. The first kappa shape index (κ1) is 15.1. The van der Waals surface area contributed by atoms with Gasteiger partial charge in [-0.3, -0.25) is 0 Å². The van der Waals surface area contributed by atoms with E-state index in [0.717, 1.165) is 17.7 Å². The van der Waals surface area contributed by atoms with Gasteiger partial charge in [-0.05, 0) is 37.0 Å². The second kappa shape index (κ2) is 5.99. The zero-order valence-electron chi connectivity index (χ0n) is 11.6. The standard InChI is InChI=1S/C14H20F3N3/c1-2-12-6-10(8-18)7-13(19-12)20-5-3-4-11(9-20)14(15,16)17/h6-7,11H,2-5,8-9,18H2,1H3. The van der Waals surface area contributed by atoms with Crippen molar-refractivity contribution in [1.29, 1.82) is 0 Å². The molecule has 1 unspecified atom stereocenters. The number of anilines is 1. The molecule has 1 saturated heterocycles. The Morgan fingerprint density at radius 3 is 2.75 bits per heavy atom. The molecule has 112 valence electrons. The quantitative estimate of drug-likeness (QED) is 0.929. The van der Waals surface area contributed by atoms with Gasteiger partial charge in [-0.2, -0.15) is 13.2 Å². The largest absolute Gasteiger partial charge is 0.393 e. The molecule has 1 fully saturated rings. The lowest BCUT2D eigenvalue weighted by Gasteiger charge is -2.34. The molecule has 2 heterocycles. The van der Waals surface area contributed by atoms with E-state index >= 15 is 0 Å². The Morgan fingerprint density at radius 2 is 2.15 bits per heavy atom. The highest BCUT2D eigenvalue weighted by Gasteiger charge is 2.42. The first-order chi connectivity index (χ1) is 9.44. The number of hydrogen-bond acceptors (Lipinski definition) is 3. The van der Waals surface area contributed by atoms with Crippen molar-refractivity contribution in [2.24, 2.45) is 11.7 Å². The van der Waals surface area contributed by atoms with Crippen molar-refractivity contribution in [1.82, 2.24) is 4.98 Å². The van der Waals surface area contributed by atoms with E-state index in [0.29, 0.717) is 25.3 Å². The minimum Gasteiger partial charge on any atom is -0.356 e. The van der Waals surface area contributed by atoms with Crippen LogP contribution in [0.5, 0.6) is 0 Å². The molecule has 0 aromatic carbocycles. The van der Waals surface area contributed by atoms with E-state index in [1.165, 1.54) is 0 Å². The number of alkyl halides is 3. The van der Waals surface area contributed by atoms with Crippen LogP contribution in [0.1, 0.15) is 31.0 Å². The van der Waals surface area contributed by atoms with Gasteiger partial charge >= 0.3 is 6.18 Å². The van der Waals surface area contributed by atoms with Crippen LogP contribution in [-0.4, -0.2) is 24.2 Å². The lowest BCUT2D eigenvalue weighted by atomic mass is 9.97. The smallest absolute Gasteiger partial charge is 0.356 e. The SMILES string of the molecule is CCc1cc(CN)cc(N2CCCC(C(F)(F)F)C2)n1. The van der Waals surface area contributed by atoms with Gasteiger partial charge in [-0.25, -0.2) is 4.98 Å². The summed E-state index contributed by atoms with van der Waals surface area (Å²) in [6.45, 7) is 2.96. The van der Waals surface area contributed by atoms with Crippen LogP contribution in [0.4, 0.5) is 19.0 Å². The van der Waals surface area contributed by atoms with Crippen molar-refractivity contribution in [2.75, 3.05) is 18.0 Å². The van der Waals surface area contributed by atoms with Crippen LogP contribution >= 0.6 is 0 Å². The predicted molar refractivity (Wildman–Crippen MR) is 72.5 cm³/mol.